The van der Waals surface area contributed by atoms with Crippen LogP contribution in [-0.4, -0.2) is 54.4 Å². The smallest absolute Gasteiger partial charge is 0.264 e. The Balaban J connectivity index is 1.49. The van der Waals surface area contributed by atoms with Crippen LogP contribution >= 0.6 is 11.3 Å². The van der Waals surface area contributed by atoms with Gasteiger partial charge in [0.25, 0.3) is 11.8 Å². The van der Waals surface area contributed by atoms with Gasteiger partial charge in [-0.2, -0.15) is 0 Å². The minimum absolute atomic E-state index is 0.0295. The van der Waals surface area contributed by atoms with Crippen molar-refractivity contribution in [2.24, 2.45) is 0 Å². The Kier molecular flexibility index (Phi) is 5.38. The first kappa shape index (κ1) is 17.5. The number of aryl methyl sites for hydroxylation is 2. The summed E-state index contributed by atoms with van der Waals surface area (Å²) in [5.41, 5.74) is 2.23. The summed E-state index contributed by atoms with van der Waals surface area (Å²) in [6.07, 6.45) is 0. The zero-order valence-electron chi connectivity index (χ0n) is 14.5. The number of ether oxygens (including phenoxy) is 1. The maximum Gasteiger partial charge on any atom is 0.264 e. The van der Waals surface area contributed by atoms with Crippen molar-refractivity contribution >= 4 is 23.2 Å². The molecule has 0 aliphatic carbocycles. The van der Waals surface area contributed by atoms with Crippen molar-refractivity contribution in [3.8, 4) is 5.75 Å². The van der Waals surface area contributed by atoms with Gasteiger partial charge in [-0.1, -0.05) is 12.1 Å². The van der Waals surface area contributed by atoms with Crippen LogP contribution in [0.1, 0.15) is 20.8 Å². The van der Waals surface area contributed by atoms with Crippen LogP contribution in [0, 0.1) is 13.8 Å². The van der Waals surface area contributed by atoms with Gasteiger partial charge in [0, 0.05) is 26.2 Å². The number of nitrogens with zero attached hydrogens (tertiary/aromatic N) is 2. The lowest BCUT2D eigenvalue weighted by molar-refractivity contribution is -0.134. The SMILES string of the molecule is Cc1cc(C)cc(OCC(=O)N2CCN(C(=O)c3cccs3)CC2)c1. The highest BCUT2D eigenvalue weighted by molar-refractivity contribution is 7.12. The quantitative estimate of drug-likeness (QED) is 0.844. The number of benzene rings is 1. The van der Waals surface area contributed by atoms with E-state index in [1.807, 2.05) is 43.5 Å². The van der Waals surface area contributed by atoms with Gasteiger partial charge in [0.2, 0.25) is 0 Å². The van der Waals surface area contributed by atoms with E-state index in [0.29, 0.717) is 26.2 Å². The van der Waals surface area contributed by atoms with Gasteiger partial charge in [0.1, 0.15) is 5.75 Å². The fraction of sp³-hybridized carbons (Fsp3) is 0.368. The number of carbonyl (C=O) groups is 2. The van der Waals surface area contributed by atoms with Crippen LogP contribution in [0.5, 0.6) is 5.75 Å². The molecule has 0 N–H and O–H groups in total. The van der Waals surface area contributed by atoms with Crippen LogP contribution < -0.4 is 4.74 Å². The van der Waals surface area contributed by atoms with E-state index in [1.54, 1.807) is 9.80 Å². The van der Waals surface area contributed by atoms with Gasteiger partial charge in [-0.25, -0.2) is 0 Å². The largest absolute Gasteiger partial charge is 0.484 e. The van der Waals surface area contributed by atoms with Gasteiger partial charge in [0.15, 0.2) is 6.61 Å². The molecule has 5 nitrogen and oxygen atoms in total. The molecule has 2 amide bonds. The lowest BCUT2D eigenvalue weighted by atomic mass is 10.1. The third kappa shape index (κ3) is 4.39. The Hall–Kier alpha value is -2.34. The van der Waals surface area contributed by atoms with Gasteiger partial charge in [0.05, 0.1) is 4.88 Å². The first-order chi connectivity index (χ1) is 12.0. The summed E-state index contributed by atoms with van der Waals surface area (Å²) in [4.78, 5) is 29.0. The molecule has 0 bridgehead atoms. The summed E-state index contributed by atoms with van der Waals surface area (Å²) in [5, 5.41) is 1.90. The van der Waals surface area contributed by atoms with E-state index in [1.165, 1.54) is 11.3 Å². The number of piperazine rings is 1. The summed E-state index contributed by atoms with van der Waals surface area (Å²) in [6, 6.07) is 9.64. The minimum Gasteiger partial charge on any atom is -0.484 e. The van der Waals surface area contributed by atoms with Crippen molar-refractivity contribution < 1.29 is 14.3 Å². The average molecular weight is 358 g/mol. The summed E-state index contributed by atoms with van der Waals surface area (Å²) >= 11 is 1.45. The molecule has 0 radical (unpaired) electrons. The number of hydrogen-bond acceptors (Lipinski definition) is 4. The summed E-state index contributed by atoms with van der Waals surface area (Å²) in [7, 11) is 0. The van der Waals surface area contributed by atoms with Gasteiger partial charge in [-0.3, -0.25) is 9.59 Å². The molecule has 2 aromatic rings. The van der Waals surface area contributed by atoms with E-state index >= 15 is 0 Å². The first-order valence-electron chi connectivity index (χ1n) is 8.34. The molecule has 25 heavy (non-hydrogen) atoms. The minimum atomic E-state index is -0.0395. The summed E-state index contributed by atoms with van der Waals surface area (Å²) in [5.74, 6) is 0.730. The van der Waals surface area contributed by atoms with E-state index in [9.17, 15) is 9.59 Å². The Bertz CT molecular complexity index is 730. The summed E-state index contributed by atoms with van der Waals surface area (Å²) < 4.78 is 5.65. The molecule has 1 fully saturated rings. The Morgan fingerprint density at radius 1 is 1.04 bits per heavy atom. The zero-order valence-corrected chi connectivity index (χ0v) is 15.3. The first-order valence-corrected chi connectivity index (χ1v) is 9.22. The van der Waals surface area contributed by atoms with Gasteiger partial charge < -0.3 is 14.5 Å². The molecule has 1 aromatic carbocycles. The topological polar surface area (TPSA) is 49.9 Å². The van der Waals surface area contributed by atoms with Gasteiger partial charge in [-0.15, -0.1) is 11.3 Å². The lowest BCUT2D eigenvalue weighted by Gasteiger charge is -2.34. The second-order valence-corrected chi connectivity index (χ2v) is 7.21. The third-order valence-electron chi connectivity index (χ3n) is 4.21. The van der Waals surface area contributed by atoms with Crippen molar-refractivity contribution in [2.75, 3.05) is 32.8 Å². The fourth-order valence-corrected chi connectivity index (χ4v) is 3.66. The molecule has 6 heteroatoms. The molecule has 2 heterocycles. The molecule has 0 unspecified atom stereocenters. The molecule has 3 rings (SSSR count). The highest BCUT2D eigenvalue weighted by Crippen LogP contribution is 2.17. The number of carbonyl (C=O) groups excluding carboxylic acids is 2. The van der Waals surface area contributed by atoms with Crippen LogP contribution in [-0.2, 0) is 4.79 Å². The van der Waals surface area contributed by atoms with Crippen molar-refractivity contribution in [1.82, 2.24) is 9.80 Å². The predicted molar refractivity (Wildman–Crippen MR) is 98.2 cm³/mol. The fourth-order valence-electron chi connectivity index (χ4n) is 2.97. The average Bonchev–Trinajstić information content (AvgIpc) is 3.13. The number of rotatable bonds is 4. The Labute approximate surface area is 151 Å². The van der Waals surface area contributed by atoms with E-state index in [-0.39, 0.29) is 18.4 Å². The normalized spacial score (nSPS) is 14.5. The highest BCUT2D eigenvalue weighted by atomic mass is 32.1. The molecule has 0 spiro atoms. The van der Waals surface area contributed by atoms with Crippen molar-refractivity contribution in [3.05, 3.63) is 51.7 Å². The van der Waals surface area contributed by atoms with Crippen molar-refractivity contribution in [2.45, 2.75) is 13.8 Å². The molecule has 0 atom stereocenters. The molecule has 1 aliphatic rings. The standard InChI is InChI=1S/C19H22N2O3S/c1-14-10-15(2)12-16(11-14)24-13-18(22)20-5-7-21(8-6-20)19(23)17-4-3-9-25-17/h3-4,9-12H,5-8,13H2,1-2H3. The zero-order chi connectivity index (χ0) is 17.8. The maximum absolute atomic E-state index is 12.3. The lowest BCUT2D eigenvalue weighted by Crippen LogP contribution is -2.51. The maximum atomic E-state index is 12.3. The molecule has 1 saturated heterocycles. The van der Waals surface area contributed by atoms with Crippen LogP contribution in [0.25, 0.3) is 0 Å². The number of thiophene rings is 1. The monoisotopic (exact) mass is 358 g/mol. The van der Waals surface area contributed by atoms with Crippen LogP contribution in [0.4, 0.5) is 0 Å². The third-order valence-corrected chi connectivity index (χ3v) is 5.07. The second kappa shape index (κ2) is 7.70. The molecule has 1 aliphatic heterocycles. The van der Waals surface area contributed by atoms with Crippen molar-refractivity contribution in [1.29, 1.82) is 0 Å². The van der Waals surface area contributed by atoms with E-state index < -0.39 is 0 Å². The number of hydrogen-bond donors (Lipinski definition) is 0. The molecule has 0 saturated carbocycles. The van der Waals surface area contributed by atoms with Gasteiger partial charge in [-0.05, 0) is 48.6 Å². The predicted octanol–water partition coefficient (Wildman–Crippen LogP) is 2.73. The van der Waals surface area contributed by atoms with Gasteiger partial charge >= 0.3 is 0 Å². The Morgan fingerprint density at radius 3 is 2.28 bits per heavy atom. The van der Waals surface area contributed by atoms with E-state index in [4.69, 9.17) is 4.74 Å². The Morgan fingerprint density at radius 2 is 1.68 bits per heavy atom. The number of amides is 2. The second-order valence-electron chi connectivity index (χ2n) is 6.26. The van der Waals surface area contributed by atoms with E-state index in [0.717, 1.165) is 21.8 Å². The molecule has 1 aromatic heterocycles. The van der Waals surface area contributed by atoms with Crippen molar-refractivity contribution in [3.63, 3.8) is 0 Å². The van der Waals surface area contributed by atoms with Crippen LogP contribution in [0.15, 0.2) is 35.7 Å². The molecule has 132 valence electrons. The van der Waals surface area contributed by atoms with Crippen LogP contribution in [0.3, 0.4) is 0 Å². The van der Waals surface area contributed by atoms with E-state index in [2.05, 4.69) is 6.07 Å². The van der Waals surface area contributed by atoms with Crippen LogP contribution in [0.2, 0.25) is 0 Å². The molecular weight excluding hydrogens is 336 g/mol. The summed E-state index contributed by atoms with van der Waals surface area (Å²) in [6.45, 7) is 6.26. The molecular formula is C19H22N2O3S. The highest BCUT2D eigenvalue weighted by Gasteiger charge is 2.25.